The van der Waals surface area contributed by atoms with E-state index in [2.05, 4.69) is 39.0 Å². The number of hydrogen-bond acceptors (Lipinski definition) is 4. The molecule has 0 atom stereocenters. The molecule has 0 aliphatic heterocycles. The summed E-state index contributed by atoms with van der Waals surface area (Å²) in [4.78, 5) is 0. The van der Waals surface area contributed by atoms with Gasteiger partial charge in [0.2, 0.25) is 0 Å². The van der Waals surface area contributed by atoms with Crippen LogP contribution in [0.5, 0.6) is 0 Å². The molecule has 4 nitrogen and oxygen atoms in total. The Kier molecular flexibility index (Phi) is 4.38. The first kappa shape index (κ1) is 13.6. The molecule has 1 fully saturated rings. The summed E-state index contributed by atoms with van der Waals surface area (Å²) in [5.74, 6) is 2.71. The molecule has 0 spiro atoms. The third-order valence-electron chi connectivity index (χ3n) is 3.34. The number of aromatic nitrogens is 3. The molecule has 0 bridgehead atoms. The van der Waals surface area contributed by atoms with E-state index in [0.717, 1.165) is 35.4 Å². The van der Waals surface area contributed by atoms with Crippen LogP contribution in [0.25, 0.3) is 5.69 Å². The third-order valence-corrected chi connectivity index (χ3v) is 4.35. The van der Waals surface area contributed by atoms with Crippen LogP contribution in [0.2, 0.25) is 0 Å². The predicted octanol–water partition coefficient (Wildman–Crippen LogP) is 3.27. The summed E-state index contributed by atoms with van der Waals surface area (Å²) in [5.41, 5.74) is 1.16. The first-order valence-electron chi connectivity index (χ1n) is 7.02. The Morgan fingerprint density at radius 1 is 1.25 bits per heavy atom. The first-order valence-corrected chi connectivity index (χ1v) is 8.01. The second kappa shape index (κ2) is 6.41. The van der Waals surface area contributed by atoms with Crippen LogP contribution >= 0.6 is 11.8 Å². The van der Waals surface area contributed by atoms with Crippen molar-refractivity contribution in [2.75, 3.05) is 19.5 Å². The highest BCUT2D eigenvalue weighted by molar-refractivity contribution is 7.99. The van der Waals surface area contributed by atoms with Gasteiger partial charge in [-0.3, -0.25) is 4.57 Å². The fraction of sp³-hybridized carbons (Fsp3) is 0.467. The van der Waals surface area contributed by atoms with E-state index in [4.69, 9.17) is 4.74 Å². The van der Waals surface area contributed by atoms with Gasteiger partial charge in [-0.25, -0.2) is 0 Å². The lowest BCUT2D eigenvalue weighted by molar-refractivity contribution is 0.200. The van der Waals surface area contributed by atoms with Crippen LogP contribution in [-0.4, -0.2) is 34.2 Å². The van der Waals surface area contributed by atoms with Gasteiger partial charge >= 0.3 is 0 Å². The summed E-state index contributed by atoms with van der Waals surface area (Å²) in [5, 5.41) is 9.80. The molecule has 1 saturated carbocycles. The number of hydrogen-bond donors (Lipinski definition) is 0. The van der Waals surface area contributed by atoms with Crippen molar-refractivity contribution in [3.05, 3.63) is 36.2 Å². The minimum atomic E-state index is 0.594. The summed E-state index contributed by atoms with van der Waals surface area (Å²) in [7, 11) is 1.74. The Balaban J connectivity index is 1.82. The summed E-state index contributed by atoms with van der Waals surface area (Å²) in [6.07, 6.45) is 3.50. The molecule has 1 aliphatic carbocycles. The zero-order valence-corrected chi connectivity index (χ0v) is 12.5. The highest BCUT2D eigenvalue weighted by atomic mass is 32.2. The van der Waals surface area contributed by atoms with Crippen molar-refractivity contribution >= 4 is 11.8 Å². The van der Waals surface area contributed by atoms with Gasteiger partial charge < -0.3 is 4.74 Å². The van der Waals surface area contributed by atoms with Crippen LogP contribution in [-0.2, 0) is 4.74 Å². The van der Waals surface area contributed by atoms with E-state index >= 15 is 0 Å². The van der Waals surface area contributed by atoms with Gasteiger partial charge in [0.1, 0.15) is 5.82 Å². The molecular formula is C15H19N3OS. The Labute approximate surface area is 123 Å². The van der Waals surface area contributed by atoms with Crippen LogP contribution in [0.3, 0.4) is 0 Å². The largest absolute Gasteiger partial charge is 0.385 e. The Bertz CT molecular complexity index is 552. The molecule has 0 saturated heterocycles. The fourth-order valence-corrected chi connectivity index (χ4v) is 3.04. The van der Waals surface area contributed by atoms with Gasteiger partial charge in [0.15, 0.2) is 5.16 Å². The quantitative estimate of drug-likeness (QED) is 0.579. The van der Waals surface area contributed by atoms with Crippen molar-refractivity contribution in [2.24, 2.45) is 0 Å². The highest BCUT2D eigenvalue weighted by Crippen LogP contribution is 2.41. The SMILES string of the molecule is COCCCSc1nnc(C2CC2)n1-c1ccccc1. The fourth-order valence-electron chi connectivity index (χ4n) is 2.17. The van der Waals surface area contributed by atoms with Gasteiger partial charge in [-0.1, -0.05) is 30.0 Å². The Morgan fingerprint density at radius 3 is 2.75 bits per heavy atom. The summed E-state index contributed by atoms with van der Waals surface area (Å²) in [6.45, 7) is 0.794. The molecule has 5 heteroatoms. The molecule has 1 aromatic carbocycles. The average Bonchev–Trinajstić information content (AvgIpc) is 3.25. The van der Waals surface area contributed by atoms with Crippen LogP contribution in [0.15, 0.2) is 35.5 Å². The monoisotopic (exact) mass is 289 g/mol. The lowest BCUT2D eigenvalue weighted by Gasteiger charge is -2.09. The van der Waals surface area contributed by atoms with E-state index in [-0.39, 0.29) is 0 Å². The van der Waals surface area contributed by atoms with Gasteiger partial charge in [-0.2, -0.15) is 0 Å². The van der Waals surface area contributed by atoms with E-state index in [1.807, 2.05) is 6.07 Å². The number of benzene rings is 1. The second-order valence-electron chi connectivity index (χ2n) is 4.98. The number of para-hydroxylation sites is 1. The molecule has 2 aromatic rings. The Hall–Kier alpha value is -1.33. The number of methoxy groups -OCH3 is 1. The molecule has 0 amide bonds. The zero-order valence-electron chi connectivity index (χ0n) is 11.7. The lowest BCUT2D eigenvalue weighted by Crippen LogP contribution is -2.02. The van der Waals surface area contributed by atoms with E-state index < -0.39 is 0 Å². The van der Waals surface area contributed by atoms with E-state index in [9.17, 15) is 0 Å². The van der Waals surface area contributed by atoms with Gasteiger partial charge in [0.25, 0.3) is 0 Å². The molecule has 1 heterocycles. The van der Waals surface area contributed by atoms with Gasteiger partial charge in [0, 0.05) is 31.1 Å². The summed E-state index contributed by atoms with van der Waals surface area (Å²) >= 11 is 1.76. The molecule has 1 aromatic heterocycles. The summed E-state index contributed by atoms with van der Waals surface area (Å²) in [6, 6.07) is 10.4. The normalized spacial score (nSPS) is 14.7. The Morgan fingerprint density at radius 2 is 2.05 bits per heavy atom. The summed E-state index contributed by atoms with van der Waals surface area (Å²) < 4.78 is 7.31. The van der Waals surface area contributed by atoms with Crippen LogP contribution in [0, 0.1) is 0 Å². The van der Waals surface area contributed by atoms with Crippen molar-refractivity contribution < 1.29 is 4.74 Å². The maximum Gasteiger partial charge on any atom is 0.195 e. The molecule has 0 unspecified atom stereocenters. The number of nitrogens with zero attached hydrogens (tertiary/aromatic N) is 3. The number of rotatable bonds is 7. The zero-order chi connectivity index (χ0) is 13.8. The molecule has 0 N–H and O–H groups in total. The van der Waals surface area contributed by atoms with Gasteiger partial charge in [-0.15, -0.1) is 10.2 Å². The smallest absolute Gasteiger partial charge is 0.195 e. The van der Waals surface area contributed by atoms with Crippen molar-refractivity contribution in [3.8, 4) is 5.69 Å². The van der Waals surface area contributed by atoms with Gasteiger partial charge in [0.05, 0.1) is 0 Å². The second-order valence-corrected chi connectivity index (χ2v) is 6.04. The topological polar surface area (TPSA) is 39.9 Å². The maximum atomic E-state index is 5.09. The van der Waals surface area contributed by atoms with Crippen molar-refractivity contribution in [1.29, 1.82) is 0 Å². The molecular weight excluding hydrogens is 270 g/mol. The number of thioether (sulfide) groups is 1. The molecule has 20 heavy (non-hydrogen) atoms. The maximum absolute atomic E-state index is 5.09. The molecule has 106 valence electrons. The minimum Gasteiger partial charge on any atom is -0.385 e. The van der Waals surface area contributed by atoms with Crippen LogP contribution < -0.4 is 0 Å². The lowest BCUT2D eigenvalue weighted by atomic mass is 10.3. The molecule has 0 radical (unpaired) electrons. The molecule has 3 rings (SSSR count). The predicted molar refractivity (Wildman–Crippen MR) is 80.6 cm³/mol. The van der Waals surface area contributed by atoms with Crippen molar-refractivity contribution in [3.63, 3.8) is 0 Å². The van der Waals surface area contributed by atoms with Crippen molar-refractivity contribution in [2.45, 2.75) is 30.3 Å². The minimum absolute atomic E-state index is 0.594. The van der Waals surface area contributed by atoms with Crippen molar-refractivity contribution in [1.82, 2.24) is 14.8 Å². The number of ether oxygens (including phenoxy) is 1. The standard InChI is InChI=1S/C15H19N3OS/c1-19-10-5-11-20-15-17-16-14(12-8-9-12)18(15)13-6-3-2-4-7-13/h2-4,6-7,12H,5,8-11H2,1H3. The van der Waals surface area contributed by atoms with Crippen LogP contribution in [0.4, 0.5) is 0 Å². The highest BCUT2D eigenvalue weighted by Gasteiger charge is 2.30. The van der Waals surface area contributed by atoms with Gasteiger partial charge in [-0.05, 0) is 31.4 Å². The van der Waals surface area contributed by atoms with Crippen LogP contribution in [0.1, 0.15) is 31.0 Å². The first-order chi connectivity index (χ1) is 9.90. The van der Waals surface area contributed by atoms with E-state index in [1.54, 1.807) is 18.9 Å². The average molecular weight is 289 g/mol. The third kappa shape index (κ3) is 3.04. The van der Waals surface area contributed by atoms with E-state index in [1.165, 1.54) is 12.8 Å². The molecule has 1 aliphatic rings. The van der Waals surface area contributed by atoms with E-state index in [0.29, 0.717) is 5.92 Å².